The smallest absolute Gasteiger partial charge is 0.387 e. The molecule has 0 radical (unpaired) electrons. The van der Waals surface area contributed by atoms with Crippen molar-refractivity contribution < 1.29 is 18.3 Å². The lowest BCUT2D eigenvalue weighted by molar-refractivity contribution is -0.129. The Morgan fingerprint density at radius 3 is 2.76 bits per heavy atom. The first kappa shape index (κ1) is 22.3. The highest BCUT2D eigenvalue weighted by molar-refractivity contribution is 6.32. The number of alkyl halides is 2. The summed E-state index contributed by atoms with van der Waals surface area (Å²) in [6.45, 7) is 2.61. The average molecular weight is 487 g/mol. The van der Waals surface area contributed by atoms with Gasteiger partial charge in [0.25, 0.3) is 0 Å². The van der Waals surface area contributed by atoms with E-state index in [1.807, 2.05) is 17.0 Å². The fourth-order valence-corrected chi connectivity index (χ4v) is 4.53. The standard InChI is InChI=1S/C23H21ClF2N6O2/c1-2-19(33)32-10-9-31(12-23(32)7-8-23)18-6-4-16-20(30-18)21(28-13-27-16)29-14-3-5-17(15(24)11-14)34-22(25)26/h2-6,11,13,22H,1,7-10,12H2,(H,27,28,29). The molecule has 3 aromatic rings. The number of amides is 1. The van der Waals surface area contributed by atoms with Crippen molar-refractivity contribution in [3.63, 3.8) is 0 Å². The highest BCUT2D eigenvalue weighted by Gasteiger charge is 2.52. The number of carbonyl (C=O) groups is 1. The number of aromatic nitrogens is 3. The number of halogens is 3. The van der Waals surface area contributed by atoms with E-state index >= 15 is 0 Å². The Hall–Kier alpha value is -3.53. The number of nitrogens with one attached hydrogen (secondary N) is 1. The van der Waals surface area contributed by atoms with E-state index in [-0.39, 0.29) is 22.2 Å². The third-order valence-corrected chi connectivity index (χ3v) is 6.42. The van der Waals surface area contributed by atoms with E-state index in [0.29, 0.717) is 42.2 Å². The molecule has 1 amide bonds. The summed E-state index contributed by atoms with van der Waals surface area (Å²) in [7, 11) is 0. The highest BCUT2D eigenvalue weighted by atomic mass is 35.5. The average Bonchev–Trinajstić information content (AvgIpc) is 3.59. The number of nitrogens with zero attached hydrogens (tertiary/aromatic N) is 5. The van der Waals surface area contributed by atoms with Gasteiger partial charge in [0.1, 0.15) is 23.4 Å². The number of hydrogen-bond acceptors (Lipinski definition) is 7. The van der Waals surface area contributed by atoms with Gasteiger partial charge in [0.05, 0.1) is 16.1 Å². The van der Waals surface area contributed by atoms with Crippen LogP contribution in [0.15, 0.2) is 49.3 Å². The maximum Gasteiger partial charge on any atom is 0.387 e. The van der Waals surface area contributed by atoms with E-state index in [4.69, 9.17) is 16.6 Å². The summed E-state index contributed by atoms with van der Waals surface area (Å²) in [6.07, 6.45) is 4.70. The molecule has 34 heavy (non-hydrogen) atoms. The Morgan fingerprint density at radius 1 is 1.24 bits per heavy atom. The molecule has 1 aliphatic heterocycles. The first-order valence-corrected chi connectivity index (χ1v) is 11.1. The zero-order chi connectivity index (χ0) is 23.9. The summed E-state index contributed by atoms with van der Waals surface area (Å²) in [5.41, 5.74) is 1.57. The molecule has 1 N–H and O–H groups in total. The Balaban J connectivity index is 1.41. The number of carbonyl (C=O) groups excluding carboxylic acids is 1. The number of fused-ring (bicyclic) bond motifs is 1. The predicted octanol–water partition coefficient (Wildman–Crippen LogP) is 4.39. The van der Waals surface area contributed by atoms with Gasteiger partial charge in [-0.1, -0.05) is 18.2 Å². The van der Waals surface area contributed by atoms with Gasteiger partial charge in [-0.05, 0) is 49.2 Å². The van der Waals surface area contributed by atoms with Gasteiger partial charge in [0.2, 0.25) is 5.91 Å². The zero-order valence-corrected chi connectivity index (χ0v) is 18.8. The van der Waals surface area contributed by atoms with Crippen molar-refractivity contribution in [3.05, 3.63) is 54.3 Å². The first-order chi connectivity index (χ1) is 16.4. The molecular weight excluding hydrogens is 466 g/mol. The molecule has 1 aliphatic carbocycles. The third-order valence-electron chi connectivity index (χ3n) is 6.12. The topological polar surface area (TPSA) is 83.5 Å². The molecule has 1 saturated heterocycles. The number of benzene rings is 1. The highest BCUT2D eigenvalue weighted by Crippen LogP contribution is 2.45. The summed E-state index contributed by atoms with van der Waals surface area (Å²) >= 11 is 6.07. The van der Waals surface area contributed by atoms with Gasteiger partial charge in [-0.25, -0.2) is 15.0 Å². The van der Waals surface area contributed by atoms with E-state index in [9.17, 15) is 13.6 Å². The molecule has 0 unspecified atom stereocenters. The van der Waals surface area contributed by atoms with Gasteiger partial charge in [0, 0.05) is 25.3 Å². The second-order valence-corrected chi connectivity index (χ2v) is 8.66. The molecule has 1 spiro atoms. The van der Waals surface area contributed by atoms with Crippen LogP contribution in [0.5, 0.6) is 5.75 Å². The minimum absolute atomic E-state index is 0.0351. The second-order valence-electron chi connectivity index (χ2n) is 8.25. The molecule has 2 fully saturated rings. The molecule has 11 heteroatoms. The van der Waals surface area contributed by atoms with Crippen molar-refractivity contribution in [2.24, 2.45) is 0 Å². The number of pyridine rings is 1. The molecule has 0 bridgehead atoms. The molecular formula is C23H21ClF2N6O2. The van der Waals surface area contributed by atoms with Crippen LogP contribution in [0.25, 0.3) is 11.0 Å². The fourth-order valence-electron chi connectivity index (χ4n) is 4.30. The lowest BCUT2D eigenvalue weighted by Gasteiger charge is -2.42. The third kappa shape index (κ3) is 4.21. The van der Waals surface area contributed by atoms with Crippen LogP contribution in [0.2, 0.25) is 5.02 Å². The maximum absolute atomic E-state index is 12.5. The number of anilines is 3. The summed E-state index contributed by atoms with van der Waals surface area (Å²) < 4.78 is 29.4. The Bertz CT molecular complexity index is 1270. The number of rotatable bonds is 6. The van der Waals surface area contributed by atoms with Crippen LogP contribution >= 0.6 is 11.6 Å². The van der Waals surface area contributed by atoms with E-state index in [0.717, 1.165) is 18.7 Å². The largest absolute Gasteiger partial charge is 0.433 e. The molecule has 8 nitrogen and oxygen atoms in total. The van der Waals surface area contributed by atoms with E-state index in [2.05, 4.69) is 31.5 Å². The van der Waals surface area contributed by atoms with Crippen molar-refractivity contribution in [2.75, 3.05) is 29.9 Å². The maximum atomic E-state index is 12.5. The van der Waals surface area contributed by atoms with Crippen molar-refractivity contribution in [2.45, 2.75) is 25.0 Å². The Morgan fingerprint density at radius 2 is 2.06 bits per heavy atom. The molecule has 1 aromatic carbocycles. The summed E-state index contributed by atoms with van der Waals surface area (Å²) in [5, 5.41) is 3.17. The first-order valence-electron chi connectivity index (χ1n) is 10.7. The van der Waals surface area contributed by atoms with Crippen LogP contribution in [0.3, 0.4) is 0 Å². The lowest BCUT2D eigenvalue weighted by Crippen LogP contribution is -2.57. The van der Waals surface area contributed by atoms with Gasteiger partial charge in [0.15, 0.2) is 5.82 Å². The molecule has 2 aromatic heterocycles. The molecule has 3 heterocycles. The normalized spacial score (nSPS) is 16.7. The Labute approximate surface area is 199 Å². The monoisotopic (exact) mass is 486 g/mol. The summed E-state index contributed by atoms with van der Waals surface area (Å²) in [5.74, 6) is 1.07. The van der Waals surface area contributed by atoms with Crippen LogP contribution < -0.4 is 15.0 Å². The van der Waals surface area contributed by atoms with E-state index < -0.39 is 6.61 Å². The van der Waals surface area contributed by atoms with Crippen LogP contribution in [0, 0.1) is 0 Å². The number of piperazine rings is 1. The fraction of sp³-hybridized carbons (Fsp3) is 0.304. The molecule has 0 atom stereocenters. The van der Waals surface area contributed by atoms with Crippen LogP contribution in [0.4, 0.5) is 26.1 Å². The van der Waals surface area contributed by atoms with Crippen molar-refractivity contribution in [1.82, 2.24) is 19.9 Å². The van der Waals surface area contributed by atoms with Gasteiger partial charge in [-0.2, -0.15) is 8.78 Å². The summed E-state index contributed by atoms with van der Waals surface area (Å²) in [6, 6.07) is 8.18. The van der Waals surface area contributed by atoms with Crippen LogP contribution in [0.1, 0.15) is 12.8 Å². The van der Waals surface area contributed by atoms with Gasteiger partial charge in [-0.3, -0.25) is 4.79 Å². The quantitative estimate of drug-likeness (QED) is 0.517. The van der Waals surface area contributed by atoms with Gasteiger partial charge >= 0.3 is 6.61 Å². The zero-order valence-electron chi connectivity index (χ0n) is 18.0. The minimum Gasteiger partial charge on any atom is -0.433 e. The minimum atomic E-state index is -2.96. The van der Waals surface area contributed by atoms with E-state index in [1.54, 1.807) is 6.07 Å². The second kappa shape index (κ2) is 8.68. The van der Waals surface area contributed by atoms with Crippen LogP contribution in [-0.4, -0.2) is 57.5 Å². The SMILES string of the molecule is C=CC(=O)N1CCN(c2ccc3ncnc(Nc4ccc(OC(F)F)c(Cl)c4)c3n2)CC12CC2. The van der Waals surface area contributed by atoms with Gasteiger partial charge < -0.3 is 19.9 Å². The number of ether oxygens (including phenoxy) is 1. The predicted molar refractivity (Wildman–Crippen MR) is 125 cm³/mol. The van der Waals surface area contributed by atoms with Crippen LogP contribution in [-0.2, 0) is 4.79 Å². The van der Waals surface area contributed by atoms with Crippen molar-refractivity contribution in [3.8, 4) is 5.75 Å². The Kier molecular flexibility index (Phi) is 5.68. The van der Waals surface area contributed by atoms with Crippen molar-refractivity contribution >= 4 is 45.9 Å². The number of hydrogen-bond donors (Lipinski definition) is 1. The van der Waals surface area contributed by atoms with E-state index in [1.165, 1.54) is 24.5 Å². The lowest BCUT2D eigenvalue weighted by atomic mass is 10.1. The molecule has 176 valence electrons. The molecule has 5 rings (SSSR count). The molecule has 1 saturated carbocycles. The summed E-state index contributed by atoms with van der Waals surface area (Å²) in [4.78, 5) is 29.8. The van der Waals surface area contributed by atoms with Crippen molar-refractivity contribution in [1.29, 1.82) is 0 Å². The molecule has 2 aliphatic rings. The van der Waals surface area contributed by atoms with Gasteiger partial charge in [-0.15, -0.1) is 0 Å².